The number of nitrogens with zero attached hydrogens (tertiary/aromatic N) is 5. The summed E-state index contributed by atoms with van der Waals surface area (Å²) in [6.45, 7) is -0.134. The van der Waals surface area contributed by atoms with Crippen LogP contribution in [0, 0.1) is 0 Å². The molecule has 10 nitrogen and oxygen atoms in total. The number of rotatable bonds is 5. The van der Waals surface area contributed by atoms with Crippen LogP contribution in [0.25, 0.3) is 0 Å². The van der Waals surface area contributed by atoms with Gasteiger partial charge in [-0.25, -0.2) is 9.78 Å². The zero-order valence-electron chi connectivity index (χ0n) is 16.0. The minimum Gasteiger partial charge on any atom is -0.465 e. The van der Waals surface area contributed by atoms with Crippen molar-refractivity contribution in [1.82, 2.24) is 25.1 Å². The number of aromatic amines is 1. The molecule has 1 amide bonds. The number of amides is 1. The monoisotopic (exact) mass is 421 g/mol. The van der Waals surface area contributed by atoms with E-state index in [1.54, 1.807) is 17.0 Å². The average Bonchev–Trinajstić information content (AvgIpc) is 3.13. The number of aliphatic hydroxyl groups excluding tert-OH is 1. The van der Waals surface area contributed by atoms with Gasteiger partial charge in [-0.05, 0) is 32.1 Å². The summed E-state index contributed by atoms with van der Waals surface area (Å²) in [5, 5.41) is 28.8. The molecule has 2 bridgehead atoms. The van der Waals surface area contributed by atoms with Crippen molar-refractivity contribution < 1.29 is 15.0 Å². The highest BCUT2D eigenvalue weighted by Crippen LogP contribution is 2.36. The summed E-state index contributed by atoms with van der Waals surface area (Å²) in [4.78, 5) is 24.2. The second kappa shape index (κ2) is 8.03. The number of carboxylic acid groups (broad SMARTS) is 1. The summed E-state index contributed by atoms with van der Waals surface area (Å²) in [6, 6.07) is 3.49. The molecule has 4 heterocycles. The highest BCUT2D eigenvalue weighted by Gasteiger charge is 2.42. The van der Waals surface area contributed by atoms with E-state index in [1.807, 2.05) is 11.9 Å². The van der Waals surface area contributed by atoms with Crippen LogP contribution in [-0.2, 0) is 6.61 Å². The van der Waals surface area contributed by atoms with Crippen LogP contribution in [0.1, 0.15) is 37.8 Å². The van der Waals surface area contributed by atoms with E-state index in [9.17, 15) is 9.90 Å². The number of H-pyrrole nitrogens is 1. The van der Waals surface area contributed by atoms with Crippen molar-refractivity contribution in [2.75, 3.05) is 17.3 Å². The van der Waals surface area contributed by atoms with Crippen LogP contribution in [0.2, 0.25) is 5.15 Å². The number of anilines is 3. The number of nitrogens with one attached hydrogen (secondary N) is 2. The summed E-state index contributed by atoms with van der Waals surface area (Å²) < 4.78 is 0. The van der Waals surface area contributed by atoms with E-state index in [-0.39, 0.29) is 24.7 Å². The maximum absolute atomic E-state index is 11.6. The summed E-state index contributed by atoms with van der Waals surface area (Å²) in [6.07, 6.45) is 3.52. The predicted octanol–water partition coefficient (Wildman–Crippen LogP) is 2.59. The molecule has 4 N–H and O–H groups in total. The fourth-order valence-electron chi connectivity index (χ4n) is 4.41. The number of halogens is 1. The second-order valence-corrected chi connectivity index (χ2v) is 7.99. The van der Waals surface area contributed by atoms with Crippen LogP contribution in [0.4, 0.5) is 22.4 Å². The Labute approximate surface area is 172 Å². The molecule has 2 aromatic heterocycles. The zero-order chi connectivity index (χ0) is 20.5. The van der Waals surface area contributed by atoms with Gasteiger partial charge in [0.05, 0.1) is 12.3 Å². The fraction of sp³-hybridized carbons (Fsp3) is 0.556. The first kappa shape index (κ1) is 19.7. The lowest BCUT2D eigenvalue weighted by Crippen LogP contribution is -2.58. The van der Waals surface area contributed by atoms with Crippen molar-refractivity contribution in [1.29, 1.82) is 0 Å². The summed E-state index contributed by atoms with van der Waals surface area (Å²) in [5.74, 6) is 1.48. The van der Waals surface area contributed by atoms with Crippen LogP contribution in [0.3, 0.4) is 0 Å². The van der Waals surface area contributed by atoms with E-state index >= 15 is 0 Å². The van der Waals surface area contributed by atoms with Crippen molar-refractivity contribution in [2.24, 2.45) is 0 Å². The first-order valence-electron chi connectivity index (χ1n) is 9.65. The molecule has 4 rings (SSSR count). The maximum atomic E-state index is 11.6. The Morgan fingerprint density at radius 1 is 1.31 bits per heavy atom. The molecule has 11 heteroatoms. The number of fused-ring (bicyclic) bond motifs is 2. The Kier molecular flexibility index (Phi) is 5.46. The van der Waals surface area contributed by atoms with Crippen molar-refractivity contribution >= 4 is 35.3 Å². The molecule has 29 heavy (non-hydrogen) atoms. The Morgan fingerprint density at radius 2 is 2.03 bits per heavy atom. The Balaban J connectivity index is 1.52. The molecule has 2 aliphatic heterocycles. The Bertz CT molecular complexity index is 878. The molecule has 0 unspecified atom stereocenters. The molecule has 2 aromatic rings. The minimum absolute atomic E-state index is 0.0326. The van der Waals surface area contributed by atoms with Crippen molar-refractivity contribution in [3.05, 3.63) is 23.0 Å². The number of piperidine rings is 2. The van der Waals surface area contributed by atoms with Gasteiger partial charge in [-0.3, -0.25) is 5.10 Å². The molecular formula is C18H24ClN7O3. The molecular weight excluding hydrogens is 398 g/mol. The number of carbonyl (C=O) groups is 1. The predicted molar refractivity (Wildman–Crippen MR) is 108 cm³/mol. The summed E-state index contributed by atoms with van der Waals surface area (Å²) in [7, 11) is 1.92. The lowest BCUT2D eigenvalue weighted by molar-refractivity contribution is 0.0351. The van der Waals surface area contributed by atoms with Gasteiger partial charge in [0.15, 0.2) is 5.82 Å². The molecule has 3 atom stereocenters. The van der Waals surface area contributed by atoms with Gasteiger partial charge in [0.2, 0.25) is 5.95 Å². The van der Waals surface area contributed by atoms with E-state index in [1.165, 1.54) is 0 Å². The van der Waals surface area contributed by atoms with E-state index in [0.29, 0.717) is 28.4 Å². The fourth-order valence-corrected chi connectivity index (χ4v) is 4.59. The number of aromatic nitrogens is 4. The molecule has 0 saturated carbocycles. The molecule has 0 aliphatic carbocycles. The SMILES string of the molecule is CN(c1nc(Cl)cc(Nc2cc(CO)[nH]n2)n1)[C@H]1C[C@H]2CCC[C@@H](C1)N2C(=O)O. The van der Waals surface area contributed by atoms with E-state index in [0.717, 1.165) is 32.1 Å². The first-order chi connectivity index (χ1) is 13.9. The molecule has 156 valence electrons. The van der Waals surface area contributed by atoms with E-state index < -0.39 is 6.09 Å². The molecule has 0 spiro atoms. The normalized spacial score (nSPS) is 23.7. The van der Waals surface area contributed by atoms with Gasteiger partial charge in [-0.1, -0.05) is 11.6 Å². The molecule has 0 aromatic carbocycles. The first-order valence-corrected chi connectivity index (χ1v) is 10.0. The van der Waals surface area contributed by atoms with Gasteiger partial charge in [0.25, 0.3) is 0 Å². The van der Waals surface area contributed by atoms with Crippen molar-refractivity contribution in [3.63, 3.8) is 0 Å². The van der Waals surface area contributed by atoms with Crippen LogP contribution in [-0.4, -0.2) is 66.5 Å². The minimum atomic E-state index is -0.826. The van der Waals surface area contributed by atoms with Crippen LogP contribution in [0.15, 0.2) is 12.1 Å². The van der Waals surface area contributed by atoms with Crippen LogP contribution in [0.5, 0.6) is 0 Å². The highest BCUT2D eigenvalue weighted by molar-refractivity contribution is 6.29. The van der Waals surface area contributed by atoms with Gasteiger partial charge in [0.1, 0.15) is 11.0 Å². The van der Waals surface area contributed by atoms with E-state index in [4.69, 9.17) is 16.7 Å². The quantitative estimate of drug-likeness (QED) is 0.542. The second-order valence-electron chi connectivity index (χ2n) is 7.60. The largest absolute Gasteiger partial charge is 0.465 e. The smallest absolute Gasteiger partial charge is 0.407 e. The summed E-state index contributed by atoms with van der Waals surface area (Å²) in [5.41, 5.74) is 0.585. The van der Waals surface area contributed by atoms with Gasteiger partial charge >= 0.3 is 6.09 Å². The average molecular weight is 422 g/mol. The van der Waals surface area contributed by atoms with Crippen molar-refractivity contribution in [3.8, 4) is 0 Å². The molecule has 2 fully saturated rings. The zero-order valence-corrected chi connectivity index (χ0v) is 16.8. The Morgan fingerprint density at radius 3 is 2.66 bits per heavy atom. The standard InChI is InChI=1S/C18H24ClN7O3/c1-25(13-6-11-3-2-4-12(7-13)26(11)18(28)29)17-20-14(19)8-15(22-17)21-16-5-10(9-27)23-24-16/h5,8,11-13,27H,2-4,6-7,9H2,1H3,(H,28,29)(H2,20,21,22,23,24)/t11-,12+,13+. The van der Waals surface area contributed by atoms with Gasteiger partial charge in [-0.2, -0.15) is 10.1 Å². The highest BCUT2D eigenvalue weighted by atomic mass is 35.5. The molecule has 2 aliphatic rings. The van der Waals surface area contributed by atoms with Crippen LogP contribution >= 0.6 is 11.6 Å². The third kappa shape index (κ3) is 4.08. The lowest BCUT2D eigenvalue weighted by atomic mass is 9.81. The lowest BCUT2D eigenvalue weighted by Gasteiger charge is -2.49. The van der Waals surface area contributed by atoms with Gasteiger partial charge in [0, 0.05) is 37.3 Å². The van der Waals surface area contributed by atoms with Crippen molar-refractivity contribution in [2.45, 2.75) is 56.8 Å². The molecule has 0 radical (unpaired) electrons. The topological polar surface area (TPSA) is 130 Å². The maximum Gasteiger partial charge on any atom is 0.407 e. The van der Waals surface area contributed by atoms with Crippen LogP contribution < -0.4 is 10.2 Å². The molecule has 2 saturated heterocycles. The number of hydrogen-bond donors (Lipinski definition) is 4. The van der Waals surface area contributed by atoms with E-state index in [2.05, 4.69) is 25.5 Å². The van der Waals surface area contributed by atoms with Gasteiger partial charge in [-0.15, -0.1) is 0 Å². The third-order valence-corrected chi connectivity index (χ3v) is 5.97. The Hall–Kier alpha value is -2.59. The number of aliphatic hydroxyl groups is 1. The third-order valence-electron chi connectivity index (χ3n) is 5.77. The number of hydrogen-bond acceptors (Lipinski definition) is 7. The van der Waals surface area contributed by atoms with Gasteiger partial charge < -0.3 is 25.3 Å². The summed E-state index contributed by atoms with van der Waals surface area (Å²) >= 11 is 6.22.